The quantitative estimate of drug-likeness (QED) is 0.817. The summed E-state index contributed by atoms with van der Waals surface area (Å²) in [7, 11) is -1.67. The Morgan fingerprint density at radius 3 is 2.53 bits per heavy atom. The molecule has 0 aliphatic rings. The van der Waals surface area contributed by atoms with Crippen LogP contribution in [0.1, 0.15) is 5.69 Å². The molecule has 0 unspecified atom stereocenters. The van der Waals surface area contributed by atoms with Crippen LogP contribution in [-0.2, 0) is 16.6 Å². The Hall–Kier alpha value is -1.53. The molecule has 1 aromatic carbocycles. The van der Waals surface area contributed by atoms with Gasteiger partial charge in [-0.15, -0.1) is 0 Å². The lowest BCUT2D eigenvalue weighted by molar-refractivity contribution is 0.467. The molecule has 0 aliphatic carbocycles. The Bertz CT molecular complexity index is 640. The van der Waals surface area contributed by atoms with E-state index in [9.17, 15) is 8.42 Å². The third-order valence-electron chi connectivity index (χ3n) is 2.45. The van der Waals surface area contributed by atoms with E-state index in [-0.39, 0.29) is 6.54 Å². The van der Waals surface area contributed by atoms with Gasteiger partial charge in [0.05, 0.1) is 35.7 Å². The van der Waals surface area contributed by atoms with Gasteiger partial charge in [0.2, 0.25) is 10.0 Å². The second kappa shape index (κ2) is 4.38. The van der Waals surface area contributed by atoms with E-state index in [0.29, 0.717) is 5.69 Å². The predicted octanol–water partition coefficient (Wildman–Crippen LogP) is 1.02. The van der Waals surface area contributed by atoms with Gasteiger partial charge in [-0.25, -0.2) is 13.4 Å². The molecule has 1 heterocycles. The van der Waals surface area contributed by atoms with Gasteiger partial charge < -0.3 is 0 Å². The van der Waals surface area contributed by atoms with Crippen molar-refractivity contribution >= 4 is 21.1 Å². The third-order valence-corrected chi connectivity index (χ3v) is 3.71. The van der Waals surface area contributed by atoms with Crippen LogP contribution in [0.5, 0.6) is 0 Å². The maximum Gasteiger partial charge on any atom is 0.211 e. The first-order chi connectivity index (χ1) is 7.97. The Balaban J connectivity index is 2.31. The summed E-state index contributed by atoms with van der Waals surface area (Å²) in [5.74, 6) is 0. The number of benzene rings is 1. The highest BCUT2D eigenvalue weighted by Crippen LogP contribution is 2.10. The molecule has 0 atom stereocenters. The zero-order chi connectivity index (χ0) is 12.5. The van der Waals surface area contributed by atoms with Gasteiger partial charge in [0.1, 0.15) is 0 Å². The van der Waals surface area contributed by atoms with Crippen molar-refractivity contribution < 1.29 is 8.42 Å². The van der Waals surface area contributed by atoms with E-state index in [1.165, 1.54) is 17.6 Å². The van der Waals surface area contributed by atoms with E-state index in [1.807, 2.05) is 24.3 Å². The van der Waals surface area contributed by atoms with Crippen molar-refractivity contribution in [2.24, 2.45) is 0 Å². The van der Waals surface area contributed by atoms with Crippen LogP contribution in [0.3, 0.4) is 0 Å². The number of para-hydroxylation sites is 2. The molecule has 0 bridgehead atoms. The van der Waals surface area contributed by atoms with Crippen LogP contribution in [0.4, 0.5) is 0 Å². The van der Waals surface area contributed by atoms with Gasteiger partial charge >= 0.3 is 0 Å². The summed E-state index contributed by atoms with van der Waals surface area (Å²) in [5, 5.41) is 0. The maximum absolute atomic E-state index is 11.3. The molecule has 0 fully saturated rings. The Kier molecular flexibility index (Phi) is 3.08. The molecule has 0 radical (unpaired) electrons. The molecule has 5 nitrogen and oxygen atoms in total. The molecule has 0 amide bonds. The van der Waals surface area contributed by atoms with Gasteiger partial charge in [0.25, 0.3) is 0 Å². The van der Waals surface area contributed by atoms with Crippen LogP contribution in [0.2, 0.25) is 0 Å². The number of sulfonamides is 1. The second-order valence-electron chi connectivity index (χ2n) is 3.87. The summed E-state index contributed by atoms with van der Waals surface area (Å²) in [5.41, 5.74) is 2.21. The van der Waals surface area contributed by atoms with Gasteiger partial charge in [-0.1, -0.05) is 12.1 Å². The number of fused-ring (bicyclic) bond motifs is 1. The van der Waals surface area contributed by atoms with Crippen molar-refractivity contribution in [3.63, 3.8) is 0 Å². The largest absolute Gasteiger partial charge is 0.253 e. The average molecular weight is 251 g/mol. The predicted molar refractivity (Wildman–Crippen MR) is 65.8 cm³/mol. The second-order valence-corrected chi connectivity index (χ2v) is 5.96. The van der Waals surface area contributed by atoms with E-state index in [4.69, 9.17) is 0 Å². The molecule has 17 heavy (non-hydrogen) atoms. The average Bonchev–Trinajstić information content (AvgIpc) is 2.27. The van der Waals surface area contributed by atoms with Gasteiger partial charge in [-0.3, -0.25) is 4.98 Å². The Morgan fingerprint density at radius 2 is 1.88 bits per heavy atom. The molecule has 0 saturated carbocycles. The van der Waals surface area contributed by atoms with Crippen molar-refractivity contribution in [3.8, 4) is 0 Å². The molecule has 2 aromatic rings. The third kappa shape index (κ3) is 2.78. The number of nitrogens with zero attached hydrogens (tertiary/aromatic N) is 3. The highest BCUT2D eigenvalue weighted by Gasteiger charge is 2.12. The molecule has 0 aliphatic heterocycles. The summed E-state index contributed by atoms with van der Waals surface area (Å²) >= 11 is 0. The molecule has 90 valence electrons. The monoisotopic (exact) mass is 251 g/mol. The molecular formula is C11H13N3O2S. The zero-order valence-corrected chi connectivity index (χ0v) is 10.5. The van der Waals surface area contributed by atoms with Gasteiger partial charge in [-0.05, 0) is 12.1 Å². The lowest BCUT2D eigenvalue weighted by atomic mass is 10.3. The molecule has 1 aromatic heterocycles. The van der Waals surface area contributed by atoms with Crippen LogP contribution < -0.4 is 0 Å². The van der Waals surface area contributed by atoms with Crippen molar-refractivity contribution in [1.29, 1.82) is 0 Å². The molecule has 0 saturated heterocycles. The van der Waals surface area contributed by atoms with Gasteiger partial charge in [-0.2, -0.15) is 4.31 Å². The maximum atomic E-state index is 11.3. The molecule has 0 spiro atoms. The number of hydrogen-bond acceptors (Lipinski definition) is 4. The van der Waals surface area contributed by atoms with E-state index in [1.54, 1.807) is 6.20 Å². The topological polar surface area (TPSA) is 63.2 Å². The zero-order valence-electron chi connectivity index (χ0n) is 9.66. The minimum absolute atomic E-state index is 0.233. The van der Waals surface area contributed by atoms with Crippen molar-refractivity contribution in [2.75, 3.05) is 13.3 Å². The summed E-state index contributed by atoms with van der Waals surface area (Å²) in [6.07, 6.45) is 2.77. The first-order valence-electron chi connectivity index (χ1n) is 5.09. The number of rotatable bonds is 3. The summed E-state index contributed by atoms with van der Waals surface area (Å²) in [6, 6.07) is 7.49. The van der Waals surface area contributed by atoms with Crippen LogP contribution in [0.15, 0.2) is 30.5 Å². The minimum atomic E-state index is -3.19. The van der Waals surface area contributed by atoms with Crippen molar-refractivity contribution in [2.45, 2.75) is 6.54 Å². The fourth-order valence-electron chi connectivity index (χ4n) is 1.42. The van der Waals surface area contributed by atoms with Crippen LogP contribution >= 0.6 is 0 Å². The highest BCUT2D eigenvalue weighted by atomic mass is 32.2. The van der Waals surface area contributed by atoms with Crippen molar-refractivity contribution in [1.82, 2.24) is 14.3 Å². The first-order valence-corrected chi connectivity index (χ1v) is 6.93. The smallest absolute Gasteiger partial charge is 0.211 e. The Morgan fingerprint density at radius 1 is 1.24 bits per heavy atom. The van der Waals surface area contributed by atoms with Gasteiger partial charge in [0.15, 0.2) is 0 Å². The fraction of sp³-hybridized carbons (Fsp3) is 0.273. The first kappa shape index (κ1) is 11.9. The standard InChI is InChI=1S/C11H13N3O2S/c1-14(17(2,15)16)8-9-7-12-10-5-3-4-6-11(10)13-9/h3-7H,8H2,1-2H3. The summed E-state index contributed by atoms with van der Waals surface area (Å²) < 4.78 is 23.8. The van der Waals surface area contributed by atoms with Crippen LogP contribution in [0, 0.1) is 0 Å². The number of hydrogen-bond donors (Lipinski definition) is 0. The van der Waals surface area contributed by atoms with Crippen LogP contribution in [0.25, 0.3) is 11.0 Å². The van der Waals surface area contributed by atoms with E-state index >= 15 is 0 Å². The molecular weight excluding hydrogens is 238 g/mol. The SMILES string of the molecule is CN(Cc1cnc2ccccc2n1)S(C)(=O)=O. The lowest BCUT2D eigenvalue weighted by Gasteiger charge is -2.13. The van der Waals surface area contributed by atoms with Gasteiger partial charge in [0, 0.05) is 7.05 Å². The Labute approximate surface area is 100 Å². The molecule has 6 heteroatoms. The van der Waals surface area contributed by atoms with E-state index in [2.05, 4.69) is 9.97 Å². The summed E-state index contributed by atoms with van der Waals surface area (Å²) in [6.45, 7) is 0.233. The van der Waals surface area contributed by atoms with E-state index in [0.717, 1.165) is 11.0 Å². The van der Waals surface area contributed by atoms with Crippen LogP contribution in [-0.4, -0.2) is 36.0 Å². The van der Waals surface area contributed by atoms with Crippen molar-refractivity contribution in [3.05, 3.63) is 36.2 Å². The molecule has 0 N–H and O–H groups in total. The lowest BCUT2D eigenvalue weighted by Crippen LogP contribution is -2.25. The normalized spacial score (nSPS) is 12.2. The minimum Gasteiger partial charge on any atom is -0.253 e. The fourth-order valence-corrected chi connectivity index (χ4v) is 1.78. The highest BCUT2D eigenvalue weighted by molar-refractivity contribution is 7.88. The van der Waals surface area contributed by atoms with E-state index < -0.39 is 10.0 Å². The molecule has 2 rings (SSSR count). The number of aromatic nitrogens is 2. The summed E-state index contributed by atoms with van der Waals surface area (Å²) in [4.78, 5) is 8.59.